The Balaban J connectivity index is 2.06. The fraction of sp³-hybridized carbons (Fsp3) is 0.238. The van der Waals surface area contributed by atoms with Crippen LogP contribution in [0.15, 0.2) is 70.7 Å². The topological polar surface area (TPSA) is 34.9 Å². The molecule has 3 rings (SSSR count). The zero-order valence-electron chi connectivity index (χ0n) is 14.6. The van der Waals surface area contributed by atoms with Crippen molar-refractivity contribution in [3.05, 3.63) is 87.8 Å². The number of aryl methyl sites for hydroxylation is 1. The molecule has 1 heterocycles. The van der Waals surface area contributed by atoms with Crippen LogP contribution < -0.4 is 5.56 Å². The first-order chi connectivity index (χ1) is 12.2. The summed E-state index contributed by atoms with van der Waals surface area (Å²) in [7, 11) is 0. The Morgan fingerprint density at radius 3 is 2.44 bits per heavy atom. The highest BCUT2D eigenvalue weighted by molar-refractivity contribution is 7.99. The average molecular weight is 350 g/mol. The summed E-state index contributed by atoms with van der Waals surface area (Å²) in [5.74, 6) is 0.941. The minimum absolute atomic E-state index is 0.0151. The molecule has 0 atom stereocenters. The van der Waals surface area contributed by atoms with E-state index in [1.807, 2.05) is 61.5 Å². The van der Waals surface area contributed by atoms with Gasteiger partial charge in [0.2, 0.25) is 0 Å². The molecule has 3 aromatic rings. The van der Waals surface area contributed by atoms with Crippen molar-refractivity contribution in [1.82, 2.24) is 9.55 Å². The zero-order valence-corrected chi connectivity index (χ0v) is 15.4. The van der Waals surface area contributed by atoms with Gasteiger partial charge in [-0.25, -0.2) is 4.98 Å². The van der Waals surface area contributed by atoms with E-state index in [-0.39, 0.29) is 5.56 Å². The maximum absolute atomic E-state index is 13.2. The van der Waals surface area contributed by atoms with Gasteiger partial charge in [-0.2, -0.15) is 0 Å². The molecule has 1 aromatic heterocycles. The maximum atomic E-state index is 13.2. The lowest BCUT2D eigenvalue weighted by Crippen LogP contribution is -2.25. The molecule has 2 aromatic carbocycles. The van der Waals surface area contributed by atoms with Crippen molar-refractivity contribution in [3.8, 4) is 5.69 Å². The second-order valence-electron chi connectivity index (χ2n) is 6.05. The molecule has 0 saturated heterocycles. The minimum Gasteiger partial charge on any atom is -0.269 e. The second kappa shape index (κ2) is 8.17. The first-order valence-electron chi connectivity index (χ1n) is 8.53. The molecule has 0 saturated carbocycles. The third-order valence-electron chi connectivity index (χ3n) is 3.96. The van der Waals surface area contributed by atoms with Crippen LogP contribution in [0.1, 0.15) is 30.0 Å². The molecule has 0 radical (unpaired) electrons. The number of benzene rings is 2. The van der Waals surface area contributed by atoms with Crippen LogP contribution in [0.2, 0.25) is 0 Å². The van der Waals surface area contributed by atoms with Crippen molar-refractivity contribution in [2.24, 2.45) is 0 Å². The monoisotopic (exact) mass is 350 g/mol. The molecule has 0 aliphatic heterocycles. The van der Waals surface area contributed by atoms with Crippen molar-refractivity contribution < 1.29 is 0 Å². The lowest BCUT2D eigenvalue weighted by atomic mass is 10.1. The molecule has 0 N–H and O–H groups in total. The van der Waals surface area contributed by atoms with E-state index < -0.39 is 0 Å². The van der Waals surface area contributed by atoms with Crippen molar-refractivity contribution in [3.63, 3.8) is 0 Å². The van der Waals surface area contributed by atoms with Crippen LogP contribution in [0, 0.1) is 6.92 Å². The van der Waals surface area contributed by atoms with Gasteiger partial charge < -0.3 is 0 Å². The van der Waals surface area contributed by atoms with E-state index in [0.717, 1.165) is 28.6 Å². The standard InChI is InChI=1S/C21H22N2OS/c1-3-13-25-21-22-15-18(14-17-7-5-4-6-8-17)20(24)23(21)19-11-9-16(2)10-12-19/h4-12,15H,3,13-14H2,1-2H3. The summed E-state index contributed by atoms with van der Waals surface area (Å²) in [6, 6.07) is 18.1. The lowest BCUT2D eigenvalue weighted by Gasteiger charge is -2.13. The number of rotatable bonds is 6. The summed E-state index contributed by atoms with van der Waals surface area (Å²) < 4.78 is 1.75. The van der Waals surface area contributed by atoms with Gasteiger partial charge in [0.15, 0.2) is 5.16 Å². The fourth-order valence-electron chi connectivity index (χ4n) is 2.63. The van der Waals surface area contributed by atoms with E-state index in [4.69, 9.17) is 0 Å². The first-order valence-corrected chi connectivity index (χ1v) is 9.52. The number of hydrogen-bond donors (Lipinski definition) is 0. The summed E-state index contributed by atoms with van der Waals surface area (Å²) in [6.45, 7) is 4.18. The van der Waals surface area contributed by atoms with Gasteiger partial charge in [-0.15, -0.1) is 0 Å². The van der Waals surface area contributed by atoms with Crippen LogP contribution in [-0.2, 0) is 6.42 Å². The van der Waals surface area contributed by atoms with E-state index in [0.29, 0.717) is 12.0 Å². The van der Waals surface area contributed by atoms with Crippen molar-refractivity contribution >= 4 is 11.8 Å². The molecule has 4 heteroatoms. The number of hydrogen-bond acceptors (Lipinski definition) is 3. The predicted octanol–water partition coefficient (Wildman–Crippen LogP) is 4.63. The molecule has 128 valence electrons. The van der Waals surface area contributed by atoms with Crippen LogP contribution >= 0.6 is 11.8 Å². The van der Waals surface area contributed by atoms with Crippen LogP contribution in [-0.4, -0.2) is 15.3 Å². The van der Waals surface area contributed by atoms with Crippen LogP contribution in [0.5, 0.6) is 0 Å². The van der Waals surface area contributed by atoms with Gasteiger partial charge in [-0.1, -0.05) is 66.7 Å². The lowest BCUT2D eigenvalue weighted by molar-refractivity contribution is 0.775. The van der Waals surface area contributed by atoms with E-state index in [1.165, 1.54) is 5.56 Å². The smallest absolute Gasteiger partial charge is 0.262 e. The molecule has 0 bridgehead atoms. The summed E-state index contributed by atoms with van der Waals surface area (Å²) >= 11 is 1.63. The summed E-state index contributed by atoms with van der Waals surface area (Å²) in [6.07, 6.45) is 3.37. The number of aromatic nitrogens is 2. The highest BCUT2D eigenvalue weighted by Gasteiger charge is 2.13. The third-order valence-corrected chi connectivity index (χ3v) is 5.12. The minimum atomic E-state index is 0.0151. The van der Waals surface area contributed by atoms with E-state index in [1.54, 1.807) is 22.5 Å². The first kappa shape index (κ1) is 17.5. The van der Waals surface area contributed by atoms with Crippen molar-refractivity contribution in [2.45, 2.75) is 31.8 Å². The average Bonchev–Trinajstić information content (AvgIpc) is 2.64. The van der Waals surface area contributed by atoms with Crippen LogP contribution in [0.4, 0.5) is 0 Å². The highest BCUT2D eigenvalue weighted by atomic mass is 32.2. The SMILES string of the molecule is CCCSc1ncc(Cc2ccccc2)c(=O)n1-c1ccc(C)cc1. The normalized spacial score (nSPS) is 10.8. The summed E-state index contributed by atoms with van der Waals surface area (Å²) in [5.41, 5.74) is 3.89. The van der Waals surface area contributed by atoms with Crippen LogP contribution in [0.3, 0.4) is 0 Å². The molecule has 0 fully saturated rings. The molecule has 0 amide bonds. The van der Waals surface area contributed by atoms with Gasteiger partial charge in [0.05, 0.1) is 5.69 Å². The Morgan fingerprint density at radius 1 is 1.04 bits per heavy atom. The molecule has 0 unspecified atom stereocenters. The molecular weight excluding hydrogens is 328 g/mol. The Bertz CT molecular complexity index is 886. The molecule has 25 heavy (non-hydrogen) atoms. The number of nitrogens with zero attached hydrogens (tertiary/aromatic N) is 2. The van der Waals surface area contributed by atoms with Gasteiger partial charge in [-0.05, 0) is 31.0 Å². The Hall–Kier alpha value is -2.33. The molecule has 0 spiro atoms. The fourth-order valence-corrected chi connectivity index (χ4v) is 3.46. The largest absolute Gasteiger partial charge is 0.269 e. The summed E-state index contributed by atoms with van der Waals surface area (Å²) in [4.78, 5) is 17.8. The van der Waals surface area contributed by atoms with Gasteiger partial charge in [-0.3, -0.25) is 9.36 Å². The van der Waals surface area contributed by atoms with Gasteiger partial charge in [0.1, 0.15) is 0 Å². The third kappa shape index (κ3) is 4.20. The Labute approximate surface area is 152 Å². The zero-order chi connectivity index (χ0) is 17.6. The second-order valence-corrected chi connectivity index (χ2v) is 7.12. The Morgan fingerprint density at radius 2 is 1.76 bits per heavy atom. The molecule has 0 aliphatic carbocycles. The van der Waals surface area contributed by atoms with Gasteiger partial charge >= 0.3 is 0 Å². The van der Waals surface area contributed by atoms with Gasteiger partial charge in [0.25, 0.3) is 5.56 Å². The van der Waals surface area contributed by atoms with Crippen molar-refractivity contribution in [1.29, 1.82) is 0 Å². The van der Waals surface area contributed by atoms with E-state index in [9.17, 15) is 4.79 Å². The van der Waals surface area contributed by atoms with Crippen LogP contribution in [0.25, 0.3) is 5.69 Å². The van der Waals surface area contributed by atoms with E-state index in [2.05, 4.69) is 11.9 Å². The highest BCUT2D eigenvalue weighted by Crippen LogP contribution is 2.20. The quantitative estimate of drug-likeness (QED) is 0.480. The van der Waals surface area contributed by atoms with Crippen molar-refractivity contribution in [2.75, 3.05) is 5.75 Å². The summed E-state index contributed by atoms with van der Waals surface area (Å²) in [5, 5.41) is 0.757. The number of thioether (sulfide) groups is 1. The molecular formula is C21H22N2OS. The molecule has 0 aliphatic rings. The maximum Gasteiger partial charge on any atom is 0.262 e. The predicted molar refractivity (Wildman–Crippen MR) is 105 cm³/mol. The Kier molecular flexibility index (Phi) is 5.71. The van der Waals surface area contributed by atoms with Gasteiger partial charge in [0, 0.05) is 23.9 Å². The molecule has 3 nitrogen and oxygen atoms in total. The van der Waals surface area contributed by atoms with E-state index >= 15 is 0 Å².